The molecule has 9 nitrogen and oxygen atoms in total. The lowest BCUT2D eigenvalue weighted by Gasteiger charge is -2.24. The highest BCUT2D eigenvalue weighted by Crippen LogP contribution is 2.35. The smallest absolute Gasteiger partial charge is 0.254 e. The van der Waals surface area contributed by atoms with Crippen molar-refractivity contribution in [3.05, 3.63) is 57.8 Å². The van der Waals surface area contributed by atoms with Crippen molar-refractivity contribution >= 4 is 29.0 Å². The second-order valence-electron chi connectivity index (χ2n) is 7.80. The van der Waals surface area contributed by atoms with Gasteiger partial charge >= 0.3 is 0 Å². The number of nitrogens with two attached hydrogens (primary N) is 1. The fourth-order valence-corrected chi connectivity index (χ4v) is 4.60. The Kier molecular flexibility index (Phi) is 6.15. The fourth-order valence-electron chi connectivity index (χ4n) is 3.66. The van der Waals surface area contributed by atoms with E-state index < -0.39 is 6.04 Å². The van der Waals surface area contributed by atoms with E-state index in [4.69, 9.17) is 21.3 Å². The zero-order valence-corrected chi connectivity index (χ0v) is 18.7. The highest BCUT2D eigenvalue weighted by atomic mass is 32.1. The third-order valence-electron chi connectivity index (χ3n) is 5.27. The maximum atomic E-state index is 13.6. The summed E-state index contributed by atoms with van der Waals surface area (Å²) in [5.41, 5.74) is 8.07. The van der Waals surface area contributed by atoms with Gasteiger partial charge in [0, 0.05) is 46.7 Å². The molecule has 2 aromatic heterocycles. The lowest BCUT2D eigenvalue weighted by molar-refractivity contribution is 0.0735. The van der Waals surface area contributed by atoms with Crippen LogP contribution in [0.1, 0.15) is 52.4 Å². The van der Waals surface area contributed by atoms with Crippen LogP contribution in [-0.4, -0.2) is 50.1 Å². The lowest BCUT2D eigenvalue weighted by Crippen LogP contribution is -2.31. The lowest BCUT2D eigenvalue weighted by atomic mass is 10.0. The van der Waals surface area contributed by atoms with Crippen LogP contribution >= 0.6 is 11.3 Å². The second-order valence-corrected chi connectivity index (χ2v) is 8.69. The minimum Gasteiger partial charge on any atom is -0.424 e. The van der Waals surface area contributed by atoms with Gasteiger partial charge in [-0.2, -0.15) is 0 Å². The number of hydrogen-bond acceptors (Lipinski definition) is 8. The molecule has 4 rings (SSSR count). The number of imidazole rings is 1. The number of benzene rings is 1. The number of aryl methyl sites for hydroxylation is 1. The highest BCUT2D eigenvalue weighted by Gasteiger charge is 2.33. The Morgan fingerprint density at radius 1 is 1.34 bits per heavy atom. The van der Waals surface area contributed by atoms with Crippen LogP contribution in [0, 0.1) is 17.7 Å². The minimum absolute atomic E-state index is 0.0566. The number of ether oxygens (including phenoxy) is 1. The molecule has 3 aromatic rings. The monoisotopic (exact) mass is 451 g/mol. The maximum absolute atomic E-state index is 13.6. The number of H-pyrrole nitrogens is 1. The average molecular weight is 452 g/mol. The fraction of sp³-hybridized carbons (Fsp3) is 0.318. The number of nitrogens with zero attached hydrogens (tertiary/aromatic N) is 3. The van der Waals surface area contributed by atoms with Crippen molar-refractivity contribution in [2.75, 3.05) is 6.54 Å². The molecule has 166 valence electrons. The van der Waals surface area contributed by atoms with Crippen LogP contribution in [0.5, 0.6) is 0 Å². The number of hydrogen-bond donors (Lipinski definition) is 4. The van der Waals surface area contributed by atoms with Crippen LogP contribution in [0.2, 0.25) is 0 Å². The number of amides is 1. The quantitative estimate of drug-likeness (QED) is 0.347. The maximum Gasteiger partial charge on any atom is 0.254 e. The molecule has 2 atom stereocenters. The molecule has 1 fully saturated rings. The first-order valence-corrected chi connectivity index (χ1v) is 11.2. The van der Waals surface area contributed by atoms with E-state index in [9.17, 15) is 4.79 Å². The van der Waals surface area contributed by atoms with E-state index in [0.29, 0.717) is 29.1 Å². The summed E-state index contributed by atoms with van der Waals surface area (Å²) in [5.74, 6) is -0.0251. The van der Waals surface area contributed by atoms with Crippen molar-refractivity contribution in [3.63, 3.8) is 0 Å². The Hall–Kier alpha value is -3.37. The number of likely N-dealkylation sites (tertiary alicyclic amines) is 1. The molecule has 1 amide bonds. The molecule has 1 aromatic carbocycles. The summed E-state index contributed by atoms with van der Waals surface area (Å²) in [7, 11) is 0. The van der Waals surface area contributed by atoms with Gasteiger partial charge in [0.2, 0.25) is 11.8 Å². The van der Waals surface area contributed by atoms with Gasteiger partial charge in [-0.25, -0.2) is 9.97 Å². The van der Waals surface area contributed by atoms with Crippen LogP contribution < -0.4 is 5.73 Å². The van der Waals surface area contributed by atoms with E-state index in [1.54, 1.807) is 48.9 Å². The molecular formula is C22H25N7O2S. The van der Waals surface area contributed by atoms with Crippen molar-refractivity contribution in [2.45, 2.75) is 38.8 Å². The van der Waals surface area contributed by atoms with Gasteiger partial charge in [-0.05, 0) is 44.9 Å². The molecule has 0 unspecified atom stereocenters. The molecule has 32 heavy (non-hydrogen) atoms. The number of carbonyl (C=O) groups excluding carboxylic acids is 1. The van der Waals surface area contributed by atoms with E-state index in [2.05, 4.69) is 15.0 Å². The molecule has 1 saturated heterocycles. The predicted molar refractivity (Wildman–Crippen MR) is 123 cm³/mol. The second kappa shape index (κ2) is 9.01. The molecule has 0 saturated carbocycles. The van der Waals surface area contributed by atoms with E-state index in [1.165, 1.54) is 0 Å². The predicted octanol–water partition coefficient (Wildman–Crippen LogP) is 3.49. The zero-order valence-electron chi connectivity index (χ0n) is 17.9. The summed E-state index contributed by atoms with van der Waals surface area (Å²) in [4.78, 5) is 27.3. The van der Waals surface area contributed by atoms with Gasteiger partial charge in [-0.3, -0.25) is 15.6 Å². The Balaban J connectivity index is 1.69. The number of rotatable bonds is 5. The normalized spacial score (nSPS) is 16.7. The standard InChI is InChI=1S/C22H25N7O2S/c1-12-11-32-21(28-12)17-4-3-7-29(17)22(30)16-9-14(19(25)31-18(24)13(2)23)8-15(10-16)20-26-5-6-27-20/h5-6,8-11,13,17,24-25H,3-4,7,23H2,1-2H3,(H,26,27)/t13-,17+/m0/s1. The molecule has 10 heteroatoms. The van der Waals surface area contributed by atoms with Crippen LogP contribution in [0.15, 0.2) is 36.0 Å². The zero-order chi connectivity index (χ0) is 22.8. The summed E-state index contributed by atoms with van der Waals surface area (Å²) in [6, 6.07) is 4.39. The number of thiazole rings is 1. The van der Waals surface area contributed by atoms with Gasteiger partial charge in [0.05, 0.1) is 12.1 Å². The van der Waals surface area contributed by atoms with Gasteiger partial charge in [0.25, 0.3) is 5.91 Å². The number of aromatic amines is 1. The van der Waals surface area contributed by atoms with E-state index in [-0.39, 0.29) is 23.7 Å². The summed E-state index contributed by atoms with van der Waals surface area (Å²) in [6.07, 6.45) is 5.09. The molecule has 1 aliphatic rings. The van der Waals surface area contributed by atoms with Gasteiger partial charge < -0.3 is 20.4 Å². The molecule has 3 heterocycles. The minimum atomic E-state index is -0.642. The molecule has 1 aliphatic heterocycles. The third-order valence-corrected chi connectivity index (χ3v) is 6.34. The van der Waals surface area contributed by atoms with E-state index in [1.807, 2.05) is 17.2 Å². The Bertz CT molecular complexity index is 1150. The first-order valence-electron chi connectivity index (χ1n) is 10.3. The topological polar surface area (TPSA) is 145 Å². The Morgan fingerprint density at radius 3 is 2.78 bits per heavy atom. The molecule has 0 bridgehead atoms. The van der Waals surface area contributed by atoms with Gasteiger partial charge in [-0.1, -0.05) is 0 Å². The summed E-state index contributed by atoms with van der Waals surface area (Å²) < 4.78 is 5.30. The van der Waals surface area contributed by atoms with Crippen LogP contribution in [0.25, 0.3) is 11.4 Å². The number of nitrogens with one attached hydrogen (secondary N) is 3. The molecule has 0 radical (unpaired) electrons. The average Bonchev–Trinajstić information content (AvgIpc) is 3.53. The van der Waals surface area contributed by atoms with Crippen molar-refractivity contribution in [2.24, 2.45) is 5.73 Å². The molecular weight excluding hydrogens is 426 g/mol. The van der Waals surface area contributed by atoms with Gasteiger partial charge in [0.1, 0.15) is 10.8 Å². The molecule has 0 spiro atoms. The van der Waals surface area contributed by atoms with Crippen molar-refractivity contribution in [1.82, 2.24) is 19.9 Å². The van der Waals surface area contributed by atoms with E-state index in [0.717, 1.165) is 23.5 Å². The summed E-state index contributed by atoms with van der Waals surface area (Å²) in [5, 5.41) is 19.1. The first-order chi connectivity index (χ1) is 15.3. The Labute approximate surface area is 189 Å². The summed E-state index contributed by atoms with van der Waals surface area (Å²) in [6.45, 7) is 4.20. The number of aromatic nitrogens is 3. The van der Waals surface area contributed by atoms with Crippen LogP contribution in [0.3, 0.4) is 0 Å². The Morgan fingerprint density at radius 2 is 2.12 bits per heavy atom. The van der Waals surface area contributed by atoms with Crippen LogP contribution in [0.4, 0.5) is 0 Å². The first kappa shape index (κ1) is 21.8. The third kappa shape index (κ3) is 4.46. The van der Waals surface area contributed by atoms with Crippen molar-refractivity contribution in [1.29, 1.82) is 10.8 Å². The van der Waals surface area contributed by atoms with Gasteiger partial charge in [0.15, 0.2) is 0 Å². The molecule has 0 aliphatic carbocycles. The summed E-state index contributed by atoms with van der Waals surface area (Å²) >= 11 is 1.57. The number of carbonyl (C=O) groups is 1. The van der Waals surface area contributed by atoms with Crippen molar-refractivity contribution < 1.29 is 9.53 Å². The van der Waals surface area contributed by atoms with Crippen molar-refractivity contribution in [3.8, 4) is 11.4 Å². The largest absolute Gasteiger partial charge is 0.424 e. The van der Waals surface area contributed by atoms with E-state index >= 15 is 0 Å². The SMILES string of the molecule is Cc1csc([C@H]2CCCN2C(=O)c2cc(C(=N)OC(=N)[C@H](C)N)cc(-c3ncc[nH]3)c2)n1. The van der Waals surface area contributed by atoms with Gasteiger partial charge in [-0.15, -0.1) is 11.3 Å². The highest BCUT2D eigenvalue weighted by molar-refractivity contribution is 7.09. The van der Waals surface area contributed by atoms with Crippen LogP contribution in [-0.2, 0) is 4.74 Å². The molecule has 5 N–H and O–H groups in total.